The summed E-state index contributed by atoms with van der Waals surface area (Å²) in [5.74, 6) is -0.276. The van der Waals surface area contributed by atoms with Crippen molar-refractivity contribution < 1.29 is 9.53 Å². The molecule has 1 aromatic rings. The number of nitrogens with one attached hydrogen (secondary N) is 1. The van der Waals surface area contributed by atoms with Crippen molar-refractivity contribution in [3.05, 3.63) is 29.3 Å². The van der Waals surface area contributed by atoms with Gasteiger partial charge in [-0.25, -0.2) is 4.79 Å². The Labute approximate surface area is 110 Å². The van der Waals surface area contributed by atoms with Crippen molar-refractivity contribution >= 4 is 11.7 Å². The van der Waals surface area contributed by atoms with Gasteiger partial charge in [0.05, 0.1) is 12.7 Å². The summed E-state index contributed by atoms with van der Waals surface area (Å²) in [6, 6.07) is 5.68. The molecule has 0 aromatic heterocycles. The standard InChI is InChI=1S/C15H23NO2/c1-4-5-6-7-11-16-14-10-8-9-13(12(14)2)15(17)18-3/h8-10,16H,4-7,11H2,1-3H3. The van der Waals surface area contributed by atoms with Gasteiger partial charge in [0.25, 0.3) is 0 Å². The molecule has 0 saturated heterocycles. The van der Waals surface area contributed by atoms with Crippen molar-refractivity contribution in [1.82, 2.24) is 0 Å². The Morgan fingerprint density at radius 2 is 2.06 bits per heavy atom. The fourth-order valence-electron chi connectivity index (χ4n) is 1.93. The molecule has 3 heteroatoms. The topological polar surface area (TPSA) is 38.3 Å². The molecule has 0 aliphatic heterocycles. The molecule has 1 rings (SSSR count). The molecule has 0 unspecified atom stereocenters. The maximum Gasteiger partial charge on any atom is 0.338 e. The Morgan fingerprint density at radius 1 is 1.28 bits per heavy atom. The number of carbonyl (C=O) groups excluding carboxylic acids is 1. The highest BCUT2D eigenvalue weighted by Gasteiger charge is 2.11. The van der Waals surface area contributed by atoms with E-state index in [4.69, 9.17) is 4.74 Å². The minimum absolute atomic E-state index is 0.276. The summed E-state index contributed by atoms with van der Waals surface area (Å²) < 4.78 is 4.76. The van der Waals surface area contributed by atoms with Gasteiger partial charge in [0.1, 0.15) is 0 Å². The lowest BCUT2D eigenvalue weighted by molar-refractivity contribution is 0.0600. The van der Waals surface area contributed by atoms with Gasteiger partial charge in [-0.1, -0.05) is 32.3 Å². The van der Waals surface area contributed by atoms with E-state index in [1.54, 1.807) is 6.07 Å². The summed E-state index contributed by atoms with van der Waals surface area (Å²) in [4.78, 5) is 11.6. The van der Waals surface area contributed by atoms with Crippen molar-refractivity contribution in [2.45, 2.75) is 39.5 Å². The van der Waals surface area contributed by atoms with Crippen molar-refractivity contribution in [3.8, 4) is 0 Å². The summed E-state index contributed by atoms with van der Waals surface area (Å²) in [5, 5.41) is 3.38. The van der Waals surface area contributed by atoms with Crippen LogP contribution in [0.1, 0.15) is 48.5 Å². The van der Waals surface area contributed by atoms with E-state index in [2.05, 4.69) is 12.2 Å². The number of esters is 1. The molecule has 18 heavy (non-hydrogen) atoms. The molecule has 0 atom stereocenters. The maximum absolute atomic E-state index is 11.6. The van der Waals surface area contributed by atoms with Gasteiger partial charge in [-0.05, 0) is 31.0 Å². The lowest BCUT2D eigenvalue weighted by atomic mass is 10.1. The zero-order valence-electron chi connectivity index (χ0n) is 11.6. The van der Waals surface area contributed by atoms with Crippen LogP contribution in [0.3, 0.4) is 0 Å². The summed E-state index contributed by atoms with van der Waals surface area (Å²) >= 11 is 0. The molecule has 0 aliphatic carbocycles. The van der Waals surface area contributed by atoms with Gasteiger partial charge in [0.2, 0.25) is 0 Å². The number of benzene rings is 1. The third-order valence-electron chi connectivity index (χ3n) is 3.08. The van der Waals surface area contributed by atoms with Gasteiger partial charge in [-0.2, -0.15) is 0 Å². The highest BCUT2D eigenvalue weighted by molar-refractivity contribution is 5.92. The summed E-state index contributed by atoms with van der Waals surface area (Å²) in [7, 11) is 1.41. The van der Waals surface area contributed by atoms with E-state index in [1.807, 2.05) is 19.1 Å². The first-order valence-corrected chi connectivity index (χ1v) is 6.62. The normalized spacial score (nSPS) is 10.2. The van der Waals surface area contributed by atoms with Crippen LogP contribution in [0.4, 0.5) is 5.69 Å². The highest BCUT2D eigenvalue weighted by Crippen LogP contribution is 2.19. The van der Waals surface area contributed by atoms with Gasteiger partial charge in [-0.3, -0.25) is 0 Å². The molecule has 0 aliphatic rings. The van der Waals surface area contributed by atoms with E-state index in [9.17, 15) is 4.79 Å². The number of methoxy groups -OCH3 is 1. The Morgan fingerprint density at radius 3 is 2.72 bits per heavy atom. The van der Waals surface area contributed by atoms with Crippen molar-refractivity contribution in [2.24, 2.45) is 0 Å². The average molecular weight is 249 g/mol. The summed E-state index contributed by atoms with van der Waals surface area (Å²) in [5.41, 5.74) is 2.62. The summed E-state index contributed by atoms with van der Waals surface area (Å²) in [6.07, 6.45) is 4.94. The molecule has 0 saturated carbocycles. The van der Waals surface area contributed by atoms with Crippen LogP contribution in [-0.4, -0.2) is 19.6 Å². The number of ether oxygens (including phenoxy) is 1. The number of anilines is 1. The predicted molar refractivity (Wildman–Crippen MR) is 75.2 cm³/mol. The molecule has 0 bridgehead atoms. The Bertz CT molecular complexity index is 388. The molecule has 1 aromatic carbocycles. The van der Waals surface area contributed by atoms with E-state index >= 15 is 0 Å². The molecule has 0 spiro atoms. The van der Waals surface area contributed by atoms with Crippen molar-refractivity contribution in [3.63, 3.8) is 0 Å². The van der Waals surface area contributed by atoms with Crippen LogP contribution in [0, 0.1) is 6.92 Å². The molecule has 1 N–H and O–H groups in total. The first-order valence-electron chi connectivity index (χ1n) is 6.62. The minimum atomic E-state index is -0.276. The fourth-order valence-corrected chi connectivity index (χ4v) is 1.93. The highest BCUT2D eigenvalue weighted by atomic mass is 16.5. The molecular weight excluding hydrogens is 226 g/mol. The van der Waals surface area contributed by atoms with Gasteiger partial charge in [-0.15, -0.1) is 0 Å². The number of hydrogen-bond donors (Lipinski definition) is 1. The smallest absolute Gasteiger partial charge is 0.338 e. The lowest BCUT2D eigenvalue weighted by Crippen LogP contribution is -2.08. The van der Waals surface area contributed by atoms with Crippen LogP contribution in [0.5, 0.6) is 0 Å². The third kappa shape index (κ3) is 4.06. The van der Waals surface area contributed by atoms with E-state index in [-0.39, 0.29) is 5.97 Å². The molecule has 3 nitrogen and oxygen atoms in total. The Kier molecular flexibility index (Phi) is 6.26. The van der Waals surface area contributed by atoms with Crippen LogP contribution in [-0.2, 0) is 4.74 Å². The van der Waals surface area contributed by atoms with Crippen LogP contribution >= 0.6 is 0 Å². The monoisotopic (exact) mass is 249 g/mol. The molecular formula is C15H23NO2. The number of hydrogen-bond acceptors (Lipinski definition) is 3. The third-order valence-corrected chi connectivity index (χ3v) is 3.08. The Balaban J connectivity index is 2.58. The Hall–Kier alpha value is -1.51. The van der Waals surface area contributed by atoms with E-state index < -0.39 is 0 Å². The van der Waals surface area contributed by atoms with Gasteiger partial charge in [0, 0.05) is 12.2 Å². The number of unbranched alkanes of at least 4 members (excludes halogenated alkanes) is 3. The molecule has 0 radical (unpaired) electrons. The molecule has 0 fully saturated rings. The van der Waals surface area contributed by atoms with Crippen molar-refractivity contribution in [2.75, 3.05) is 19.0 Å². The van der Waals surface area contributed by atoms with Crippen molar-refractivity contribution in [1.29, 1.82) is 0 Å². The zero-order valence-corrected chi connectivity index (χ0v) is 11.6. The zero-order chi connectivity index (χ0) is 13.4. The second-order valence-electron chi connectivity index (χ2n) is 4.46. The fraction of sp³-hybridized carbons (Fsp3) is 0.533. The summed E-state index contributed by atoms with van der Waals surface area (Å²) in [6.45, 7) is 5.10. The molecule has 100 valence electrons. The predicted octanol–water partition coefficient (Wildman–Crippen LogP) is 3.77. The van der Waals surface area contributed by atoms with Gasteiger partial charge >= 0.3 is 5.97 Å². The number of rotatable bonds is 7. The van der Waals surface area contributed by atoms with Crippen LogP contribution in [0.15, 0.2) is 18.2 Å². The molecule has 0 amide bonds. The van der Waals surface area contributed by atoms with E-state index in [1.165, 1.54) is 26.4 Å². The molecule has 0 heterocycles. The SMILES string of the molecule is CCCCCCNc1cccc(C(=O)OC)c1C. The largest absolute Gasteiger partial charge is 0.465 e. The number of carbonyl (C=O) groups is 1. The van der Waals surface area contributed by atoms with E-state index in [0.29, 0.717) is 5.56 Å². The van der Waals surface area contributed by atoms with E-state index in [0.717, 1.165) is 24.2 Å². The first-order chi connectivity index (χ1) is 8.70. The van der Waals surface area contributed by atoms with Gasteiger partial charge in [0.15, 0.2) is 0 Å². The van der Waals surface area contributed by atoms with Gasteiger partial charge < -0.3 is 10.1 Å². The minimum Gasteiger partial charge on any atom is -0.465 e. The quantitative estimate of drug-likeness (QED) is 0.590. The maximum atomic E-state index is 11.6. The lowest BCUT2D eigenvalue weighted by Gasteiger charge is -2.12. The first kappa shape index (κ1) is 14.6. The van der Waals surface area contributed by atoms with Crippen LogP contribution in [0.2, 0.25) is 0 Å². The van der Waals surface area contributed by atoms with Crippen LogP contribution < -0.4 is 5.32 Å². The average Bonchev–Trinajstić information content (AvgIpc) is 2.39. The second-order valence-corrected chi connectivity index (χ2v) is 4.46. The second kappa shape index (κ2) is 7.75. The van der Waals surface area contributed by atoms with Crippen LogP contribution in [0.25, 0.3) is 0 Å².